The van der Waals surface area contributed by atoms with Crippen molar-refractivity contribution in [1.29, 1.82) is 0 Å². The SMILES string of the molecule is O=C1COc2c(F)cc(C3CCN(C(=O)O)C3)cc2N1. The first-order valence-corrected chi connectivity index (χ1v) is 6.28. The van der Waals surface area contributed by atoms with Gasteiger partial charge in [-0.1, -0.05) is 0 Å². The van der Waals surface area contributed by atoms with Gasteiger partial charge in [0.2, 0.25) is 0 Å². The van der Waals surface area contributed by atoms with Crippen molar-refractivity contribution < 1.29 is 23.8 Å². The first-order chi connectivity index (χ1) is 9.54. The average molecular weight is 280 g/mol. The van der Waals surface area contributed by atoms with Gasteiger partial charge in [0, 0.05) is 19.0 Å². The fourth-order valence-electron chi connectivity index (χ4n) is 2.62. The number of halogens is 1. The van der Waals surface area contributed by atoms with E-state index in [1.54, 1.807) is 6.07 Å². The molecule has 7 heteroatoms. The van der Waals surface area contributed by atoms with E-state index in [9.17, 15) is 14.0 Å². The van der Waals surface area contributed by atoms with Gasteiger partial charge in [0.1, 0.15) is 0 Å². The number of ether oxygens (including phenoxy) is 1. The number of nitrogens with zero attached hydrogens (tertiary/aromatic N) is 1. The summed E-state index contributed by atoms with van der Waals surface area (Å²) in [5, 5.41) is 11.5. The number of hydrogen-bond acceptors (Lipinski definition) is 3. The molecule has 2 aliphatic heterocycles. The van der Waals surface area contributed by atoms with E-state index < -0.39 is 11.9 Å². The normalized spacial score (nSPS) is 21.1. The van der Waals surface area contributed by atoms with Crippen LogP contribution in [-0.2, 0) is 4.79 Å². The highest BCUT2D eigenvalue weighted by atomic mass is 19.1. The maximum atomic E-state index is 14.0. The highest BCUT2D eigenvalue weighted by molar-refractivity contribution is 5.95. The van der Waals surface area contributed by atoms with Crippen LogP contribution in [0.3, 0.4) is 0 Å². The molecular weight excluding hydrogens is 267 g/mol. The second-order valence-corrected chi connectivity index (χ2v) is 4.93. The lowest BCUT2D eigenvalue weighted by atomic mass is 9.97. The molecule has 1 aromatic carbocycles. The standard InChI is InChI=1S/C13H13FN2O4/c14-9-3-8(7-1-2-16(5-7)13(18)19)4-10-12(9)20-6-11(17)15-10/h3-4,7H,1-2,5-6H2,(H,15,17)(H,18,19). The van der Waals surface area contributed by atoms with Crippen LogP contribution in [0.25, 0.3) is 0 Å². The summed E-state index contributed by atoms with van der Waals surface area (Å²) in [6.07, 6.45) is -0.332. The Labute approximate surface area is 114 Å². The third-order valence-corrected chi connectivity index (χ3v) is 3.62. The van der Waals surface area contributed by atoms with Crippen LogP contribution in [-0.4, -0.2) is 41.7 Å². The molecular formula is C13H13FN2O4. The van der Waals surface area contributed by atoms with E-state index in [1.165, 1.54) is 11.0 Å². The van der Waals surface area contributed by atoms with Crippen molar-refractivity contribution in [2.75, 3.05) is 25.0 Å². The average Bonchev–Trinajstić information content (AvgIpc) is 2.87. The molecule has 0 saturated carbocycles. The summed E-state index contributed by atoms with van der Waals surface area (Å²) in [7, 11) is 0. The van der Waals surface area contributed by atoms with Crippen LogP contribution in [0, 0.1) is 5.82 Å². The largest absolute Gasteiger partial charge is 0.478 e. The molecule has 0 aliphatic carbocycles. The Kier molecular flexibility index (Phi) is 2.96. The quantitative estimate of drug-likeness (QED) is 0.819. The van der Waals surface area contributed by atoms with Gasteiger partial charge in [0.25, 0.3) is 5.91 Å². The fourth-order valence-corrected chi connectivity index (χ4v) is 2.62. The number of carboxylic acid groups (broad SMARTS) is 1. The van der Waals surface area contributed by atoms with E-state index in [2.05, 4.69) is 5.32 Å². The van der Waals surface area contributed by atoms with Crippen molar-refractivity contribution in [3.05, 3.63) is 23.5 Å². The number of fused-ring (bicyclic) bond motifs is 1. The molecule has 2 N–H and O–H groups in total. The molecule has 106 valence electrons. The molecule has 0 radical (unpaired) electrons. The number of carbonyl (C=O) groups is 2. The van der Waals surface area contributed by atoms with Gasteiger partial charge in [-0.25, -0.2) is 9.18 Å². The van der Waals surface area contributed by atoms with Crippen molar-refractivity contribution in [3.63, 3.8) is 0 Å². The topological polar surface area (TPSA) is 78.9 Å². The summed E-state index contributed by atoms with van der Waals surface area (Å²) in [4.78, 5) is 23.5. The Bertz CT molecular complexity index is 590. The van der Waals surface area contributed by atoms with Crippen LogP contribution in [0.4, 0.5) is 14.9 Å². The molecule has 6 nitrogen and oxygen atoms in total. The third kappa shape index (κ3) is 2.15. The summed E-state index contributed by atoms with van der Waals surface area (Å²) in [5.74, 6) is -0.884. The molecule has 20 heavy (non-hydrogen) atoms. The number of carbonyl (C=O) groups excluding carboxylic acids is 1. The lowest BCUT2D eigenvalue weighted by Gasteiger charge is -2.21. The van der Waals surface area contributed by atoms with E-state index in [0.717, 1.165) is 0 Å². The van der Waals surface area contributed by atoms with E-state index >= 15 is 0 Å². The van der Waals surface area contributed by atoms with Gasteiger partial charge in [-0.2, -0.15) is 0 Å². The highest BCUT2D eigenvalue weighted by Crippen LogP contribution is 2.36. The zero-order chi connectivity index (χ0) is 14.3. The molecule has 2 aliphatic rings. The van der Waals surface area contributed by atoms with Crippen molar-refractivity contribution in [2.45, 2.75) is 12.3 Å². The molecule has 1 atom stereocenters. The Morgan fingerprint density at radius 2 is 2.30 bits per heavy atom. The van der Waals surface area contributed by atoms with Crippen molar-refractivity contribution >= 4 is 17.7 Å². The summed E-state index contributed by atoms with van der Waals surface area (Å²) in [6, 6.07) is 3.01. The van der Waals surface area contributed by atoms with Gasteiger partial charge in [-0.15, -0.1) is 0 Å². The second kappa shape index (κ2) is 4.66. The smallest absolute Gasteiger partial charge is 0.407 e. The van der Waals surface area contributed by atoms with Crippen molar-refractivity contribution in [2.24, 2.45) is 0 Å². The van der Waals surface area contributed by atoms with Crippen LogP contribution >= 0.6 is 0 Å². The van der Waals surface area contributed by atoms with E-state index in [-0.39, 0.29) is 24.2 Å². The minimum absolute atomic E-state index is 0.0430. The molecule has 0 aromatic heterocycles. The lowest BCUT2D eigenvalue weighted by molar-refractivity contribution is -0.118. The first kappa shape index (κ1) is 12.7. The molecule has 0 spiro atoms. The molecule has 3 rings (SSSR count). The zero-order valence-corrected chi connectivity index (χ0v) is 10.6. The Morgan fingerprint density at radius 1 is 1.50 bits per heavy atom. The fraction of sp³-hybridized carbons (Fsp3) is 0.385. The first-order valence-electron chi connectivity index (χ1n) is 6.28. The minimum atomic E-state index is -0.970. The summed E-state index contributed by atoms with van der Waals surface area (Å²) in [5.41, 5.74) is 0.987. The molecule has 1 aromatic rings. The summed E-state index contributed by atoms with van der Waals surface area (Å²) in [6.45, 7) is 0.573. The zero-order valence-electron chi connectivity index (χ0n) is 10.6. The molecule has 1 fully saturated rings. The van der Waals surface area contributed by atoms with E-state index in [1.807, 2.05) is 0 Å². The maximum Gasteiger partial charge on any atom is 0.407 e. The van der Waals surface area contributed by atoms with E-state index in [0.29, 0.717) is 30.8 Å². The van der Waals surface area contributed by atoms with Crippen molar-refractivity contribution in [1.82, 2.24) is 4.90 Å². The highest BCUT2D eigenvalue weighted by Gasteiger charge is 2.29. The van der Waals surface area contributed by atoms with Crippen LogP contribution in [0.5, 0.6) is 5.75 Å². The van der Waals surface area contributed by atoms with Crippen molar-refractivity contribution in [3.8, 4) is 5.75 Å². The second-order valence-electron chi connectivity index (χ2n) is 4.93. The third-order valence-electron chi connectivity index (χ3n) is 3.62. The Hall–Kier alpha value is -2.31. The van der Waals surface area contributed by atoms with Gasteiger partial charge in [0.05, 0.1) is 5.69 Å². The number of nitrogens with one attached hydrogen (secondary N) is 1. The number of anilines is 1. The predicted molar refractivity (Wildman–Crippen MR) is 67.5 cm³/mol. The number of rotatable bonds is 1. The minimum Gasteiger partial charge on any atom is -0.478 e. The van der Waals surface area contributed by atoms with Crippen LogP contribution < -0.4 is 10.1 Å². The van der Waals surface area contributed by atoms with E-state index in [4.69, 9.17) is 9.84 Å². The maximum absolute atomic E-state index is 14.0. The Balaban J connectivity index is 1.88. The van der Waals surface area contributed by atoms with Crippen LogP contribution in [0.1, 0.15) is 17.9 Å². The number of likely N-dealkylation sites (tertiary alicyclic amines) is 1. The number of hydrogen-bond donors (Lipinski definition) is 2. The number of benzene rings is 1. The molecule has 1 unspecified atom stereocenters. The molecule has 0 bridgehead atoms. The van der Waals surface area contributed by atoms with Gasteiger partial charge >= 0.3 is 6.09 Å². The van der Waals surface area contributed by atoms with Gasteiger partial charge in [0.15, 0.2) is 18.2 Å². The van der Waals surface area contributed by atoms with Crippen LogP contribution in [0.15, 0.2) is 12.1 Å². The summed E-state index contributed by atoms with van der Waals surface area (Å²) >= 11 is 0. The summed E-state index contributed by atoms with van der Waals surface area (Å²) < 4.78 is 19.0. The monoisotopic (exact) mass is 280 g/mol. The van der Waals surface area contributed by atoms with Gasteiger partial charge < -0.3 is 20.1 Å². The molecule has 2 amide bonds. The predicted octanol–water partition coefficient (Wildman–Crippen LogP) is 1.62. The van der Waals surface area contributed by atoms with Gasteiger partial charge in [-0.3, -0.25) is 4.79 Å². The van der Waals surface area contributed by atoms with Crippen LogP contribution in [0.2, 0.25) is 0 Å². The molecule has 1 saturated heterocycles. The lowest BCUT2D eigenvalue weighted by Crippen LogP contribution is -2.27. The Morgan fingerprint density at radius 3 is 3.00 bits per heavy atom. The van der Waals surface area contributed by atoms with Gasteiger partial charge in [-0.05, 0) is 24.1 Å². The number of amides is 2. The molecule has 2 heterocycles.